The van der Waals surface area contributed by atoms with Crippen LogP contribution in [0.1, 0.15) is 0 Å². The lowest BCUT2D eigenvalue weighted by Crippen LogP contribution is -1.99. The van der Waals surface area contributed by atoms with Crippen molar-refractivity contribution in [1.82, 2.24) is 25.2 Å². The van der Waals surface area contributed by atoms with Crippen molar-refractivity contribution in [3.63, 3.8) is 0 Å². The van der Waals surface area contributed by atoms with Gasteiger partial charge >= 0.3 is 0 Å². The number of halogens is 1. The molecular weight excluding hydrogens is 232 g/mol. The molecule has 0 aliphatic rings. The Morgan fingerprint density at radius 3 is 2.94 bits per heavy atom. The summed E-state index contributed by atoms with van der Waals surface area (Å²) in [5.41, 5.74) is 0.976. The first-order chi connectivity index (χ1) is 7.72. The Morgan fingerprint density at radius 1 is 1.56 bits per heavy atom. The number of anilines is 1. The normalized spacial score (nSPS) is 10.1. The molecule has 0 aliphatic carbocycles. The molecule has 0 aromatic carbocycles. The van der Waals surface area contributed by atoms with Gasteiger partial charge in [0, 0.05) is 7.05 Å². The highest BCUT2D eigenvalue weighted by Crippen LogP contribution is 2.25. The minimum atomic E-state index is 0.366. The SMILES string of the molecule is Cn1nnnc1-c1ncc(NC=O)cc1Cl. The second-order valence-electron chi connectivity index (χ2n) is 2.94. The molecule has 0 atom stereocenters. The molecule has 82 valence electrons. The first kappa shape index (κ1) is 10.5. The zero-order chi connectivity index (χ0) is 11.5. The van der Waals surface area contributed by atoms with E-state index in [-0.39, 0.29) is 0 Å². The lowest BCUT2D eigenvalue weighted by atomic mass is 10.3. The van der Waals surface area contributed by atoms with Crippen LogP contribution in [-0.2, 0) is 11.8 Å². The molecule has 7 nitrogen and oxygen atoms in total. The minimum Gasteiger partial charge on any atom is -0.327 e. The Hall–Kier alpha value is -2.02. The number of rotatable bonds is 3. The topological polar surface area (TPSA) is 85.6 Å². The van der Waals surface area contributed by atoms with Crippen molar-refractivity contribution >= 4 is 23.7 Å². The van der Waals surface area contributed by atoms with Gasteiger partial charge in [0.1, 0.15) is 5.69 Å². The summed E-state index contributed by atoms with van der Waals surface area (Å²) >= 11 is 6.00. The molecule has 0 spiro atoms. The smallest absolute Gasteiger partial charge is 0.211 e. The number of hydrogen-bond acceptors (Lipinski definition) is 5. The van der Waals surface area contributed by atoms with Crippen LogP contribution >= 0.6 is 11.6 Å². The molecule has 2 heterocycles. The molecule has 0 fully saturated rings. The molecule has 0 aliphatic heterocycles. The largest absolute Gasteiger partial charge is 0.327 e. The van der Waals surface area contributed by atoms with Gasteiger partial charge in [0.25, 0.3) is 0 Å². The third-order valence-electron chi connectivity index (χ3n) is 1.90. The van der Waals surface area contributed by atoms with Crippen molar-refractivity contribution in [2.24, 2.45) is 7.05 Å². The standard InChI is InChI=1S/C8H7ClN6O/c1-15-8(12-13-14-15)7-6(9)2-5(3-10-7)11-4-16/h2-4H,1H3,(H,11,16). The number of aromatic nitrogens is 5. The number of hydrogen-bond donors (Lipinski definition) is 1. The summed E-state index contributed by atoms with van der Waals surface area (Å²) in [5, 5.41) is 13.8. The number of carbonyl (C=O) groups excluding carboxylic acids is 1. The molecule has 0 saturated carbocycles. The van der Waals surface area contributed by atoms with Gasteiger partial charge in [-0.2, -0.15) is 0 Å². The van der Waals surface area contributed by atoms with Gasteiger partial charge in [-0.15, -0.1) is 5.10 Å². The Morgan fingerprint density at radius 2 is 2.38 bits per heavy atom. The van der Waals surface area contributed by atoms with Crippen LogP contribution < -0.4 is 5.32 Å². The maximum atomic E-state index is 10.2. The Labute approximate surface area is 95.4 Å². The van der Waals surface area contributed by atoms with Crippen LogP contribution in [-0.4, -0.2) is 31.6 Å². The van der Waals surface area contributed by atoms with Crippen LogP contribution in [0.4, 0.5) is 5.69 Å². The zero-order valence-electron chi connectivity index (χ0n) is 8.25. The number of pyridine rings is 1. The molecule has 8 heteroatoms. The van der Waals surface area contributed by atoms with Crippen LogP contribution in [0.3, 0.4) is 0 Å². The number of nitrogens with one attached hydrogen (secondary N) is 1. The summed E-state index contributed by atoms with van der Waals surface area (Å²) in [6, 6.07) is 1.58. The molecule has 0 bridgehead atoms. The van der Waals surface area contributed by atoms with Gasteiger partial charge in [0.2, 0.25) is 12.2 Å². The van der Waals surface area contributed by atoms with E-state index in [1.165, 1.54) is 10.9 Å². The molecule has 0 unspecified atom stereocenters. The monoisotopic (exact) mass is 238 g/mol. The van der Waals surface area contributed by atoms with Gasteiger partial charge in [-0.3, -0.25) is 4.79 Å². The van der Waals surface area contributed by atoms with Gasteiger partial charge in [-0.25, -0.2) is 9.67 Å². The number of amides is 1. The number of aryl methyl sites for hydroxylation is 1. The second-order valence-corrected chi connectivity index (χ2v) is 3.35. The highest BCUT2D eigenvalue weighted by molar-refractivity contribution is 6.33. The molecule has 2 aromatic rings. The van der Waals surface area contributed by atoms with Gasteiger partial charge in [0.15, 0.2) is 0 Å². The molecule has 2 rings (SSSR count). The van der Waals surface area contributed by atoms with E-state index in [1.54, 1.807) is 13.1 Å². The van der Waals surface area contributed by atoms with Crippen molar-refractivity contribution in [3.8, 4) is 11.5 Å². The summed E-state index contributed by atoms with van der Waals surface area (Å²) in [6.45, 7) is 0. The predicted molar refractivity (Wildman–Crippen MR) is 56.7 cm³/mol. The van der Waals surface area contributed by atoms with Crippen LogP contribution in [0.5, 0.6) is 0 Å². The third-order valence-corrected chi connectivity index (χ3v) is 2.19. The minimum absolute atomic E-state index is 0.366. The Kier molecular flexibility index (Phi) is 2.78. The van der Waals surface area contributed by atoms with Crippen molar-refractivity contribution in [3.05, 3.63) is 17.3 Å². The third kappa shape index (κ3) is 1.84. The van der Waals surface area contributed by atoms with E-state index in [0.717, 1.165) is 0 Å². The number of tetrazole rings is 1. The van der Waals surface area contributed by atoms with Crippen LogP contribution in [0, 0.1) is 0 Å². The summed E-state index contributed by atoms with van der Waals surface area (Å²) < 4.78 is 1.46. The van der Waals surface area contributed by atoms with Crippen molar-refractivity contribution in [2.75, 3.05) is 5.32 Å². The lowest BCUT2D eigenvalue weighted by Gasteiger charge is -2.03. The quantitative estimate of drug-likeness (QED) is 0.787. The van der Waals surface area contributed by atoms with Crippen molar-refractivity contribution < 1.29 is 4.79 Å². The first-order valence-corrected chi connectivity index (χ1v) is 4.68. The maximum Gasteiger partial charge on any atom is 0.211 e. The van der Waals surface area contributed by atoms with Crippen molar-refractivity contribution in [1.29, 1.82) is 0 Å². The van der Waals surface area contributed by atoms with E-state index >= 15 is 0 Å². The molecular formula is C8H7ClN6O. The maximum absolute atomic E-state index is 10.2. The van der Waals surface area contributed by atoms with E-state index in [1.807, 2.05) is 0 Å². The fraction of sp³-hybridized carbons (Fsp3) is 0.125. The van der Waals surface area contributed by atoms with E-state index in [4.69, 9.17) is 11.6 Å². The predicted octanol–water partition coefficient (Wildman–Crippen LogP) is 0.494. The molecule has 16 heavy (non-hydrogen) atoms. The number of nitrogens with zero attached hydrogens (tertiary/aromatic N) is 5. The summed E-state index contributed by atoms with van der Waals surface area (Å²) in [6.07, 6.45) is 2.03. The van der Waals surface area contributed by atoms with Crippen molar-refractivity contribution in [2.45, 2.75) is 0 Å². The van der Waals surface area contributed by atoms with E-state index in [0.29, 0.717) is 28.6 Å². The van der Waals surface area contributed by atoms with Gasteiger partial charge < -0.3 is 5.32 Å². The van der Waals surface area contributed by atoms with E-state index in [9.17, 15) is 4.79 Å². The average Bonchev–Trinajstić information content (AvgIpc) is 2.65. The van der Waals surface area contributed by atoms with Crippen LogP contribution in [0.2, 0.25) is 5.02 Å². The molecule has 2 aromatic heterocycles. The van der Waals surface area contributed by atoms with Gasteiger partial charge in [-0.1, -0.05) is 11.6 Å². The molecule has 0 saturated heterocycles. The fourth-order valence-corrected chi connectivity index (χ4v) is 1.43. The van der Waals surface area contributed by atoms with Gasteiger partial charge in [-0.05, 0) is 16.5 Å². The average molecular weight is 239 g/mol. The van der Waals surface area contributed by atoms with Gasteiger partial charge in [0.05, 0.1) is 16.9 Å². The summed E-state index contributed by atoms with van der Waals surface area (Å²) in [4.78, 5) is 14.3. The zero-order valence-corrected chi connectivity index (χ0v) is 9.01. The second kappa shape index (κ2) is 4.23. The molecule has 0 radical (unpaired) electrons. The summed E-state index contributed by atoms with van der Waals surface area (Å²) in [5.74, 6) is 0.461. The fourth-order valence-electron chi connectivity index (χ4n) is 1.18. The Bertz CT molecular complexity index is 525. The lowest BCUT2D eigenvalue weighted by molar-refractivity contribution is -0.105. The van der Waals surface area contributed by atoms with E-state index in [2.05, 4.69) is 25.8 Å². The summed E-state index contributed by atoms with van der Waals surface area (Å²) in [7, 11) is 1.69. The van der Waals surface area contributed by atoms with Crippen LogP contribution in [0.15, 0.2) is 12.3 Å². The highest BCUT2D eigenvalue weighted by Gasteiger charge is 2.12. The molecule has 1 amide bonds. The molecule has 1 N–H and O–H groups in total. The van der Waals surface area contributed by atoms with Crippen LogP contribution in [0.25, 0.3) is 11.5 Å². The first-order valence-electron chi connectivity index (χ1n) is 4.31. The highest BCUT2D eigenvalue weighted by atomic mass is 35.5. The Balaban J connectivity index is 2.44. The van der Waals surface area contributed by atoms with E-state index < -0.39 is 0 Å². The number of carbonyl (C=O) groups is 1.